The summed E-state index contributed by atoms with van der Waals surface area (Å²) in [6, 6.07) is 1.24. The molecule has 1 fully saturated rings. The van der Waals surface area contributed by atoms with Gasteiger partial charge in [-0.25, -0.2) is 13.9 Å². The molecule has 1 aromatic rings. The van der Waals surface area contributed by atoms with Gasteiger partial charge in [-0.15, -0.1) is 0 Å². The van der Waals surface area contributed by atoms with E-state index in [0.29, 0.717) is 25.7 Å². The second kappa shape index (κ2) is 40.0. The molecule has 1 aromatic heterocycles. The molecular formula is C53H91N3O16P2. The van der Waals surface area contributed by atoms with E-state index in [1.165, 1.54) is 76.7 Å². The Bertz CT molecular complexity index is 1960. The van der Waals surface area contributed by atoms with Crippen LogP contribution in [-0.4, -0.2) is 96.9 Å². The molecule has 0 aromatic carbocycles. The van der Waals surface area contributed by atoms with Gasteiger partial charge in [0.15, 0.2) is 12.3 Å². The zero-order valence-corrected chi connectivity index (χ0v) is 46.2. The molecule has 1 aliphatic rings. The second-order valence-electron chi connectivity index (χ2n) is 19.1. The number of esters is 2. The number of aliphatic hydroxyl groups is 3. The van der Waals surface area contributed by atoms with Crippen molar-refractivity contribution in [3.8, 4) is 0 Å². The number of phosphoric ester groups is 2. The summed E-state index contributed by atoms with van der Waals surface area (Å²) in [5, 5.41) is 30.8. The maximum absolute atomic E-state index is 12.9. The van der Waals surface area contributed by atoms with E-state index < -0.39 is 89.8 Å². The van der Waals surface area contributed by atoms with E-state index in [-0.39, 0.29) is 18.7 Å². The van der Waals surface area contributed by atoms with Crippen molar-refractivity contribution in [2.24, 2.45) is 5.92 Å². The predicted molar refractivity (Wildman–Crippen MR) is 285 cm³/mol. The maximum Gasteiger partial charge on any atom is 0.481 e. The number of anilines is 1. The molecule has 0 radical (unpaired) electrons. The van der Waals surface area contributed by atoms with Crippen LogP contribution in [0.1, 0.15) is 194 Å². The zero-order chi connectivity index (χ0) is 54.5. The Labute approximate surface area is 440 Å². The summed E-state index contributed by atoms with van der Waals surface area (Å²) in [5.41, 5.74) is 4.58. The van der Waals surface area contributed by atoms with Gasteiger partial charge in [-0.3, -0.25) is 23.2 Å². The van der Waals surface area contributed by atoms with Crippen LogP contribution >= 0.6 is 15.6 Å². The molecule has 0 saturated carbocycles. The van der Waals surface area contributed by atoms with Crippen LogP contribution in [-0.2, 0) is 46.3 Å². The number of aromatic nitrogens is 2. The van der Waals surface area contributed by atoms with Gasteiger partial charge >= 0.3 is 33.3 Å². The SMILES string of the molecule is CCCC[C@@H](O)/C=C\C/C=C\C/C=C\C/C=C\CCCC(=O)O[C@H](COC(=O)CCCCCCCCCCCCCCCCC(C)CC)COP(=O)(O)OP(=O)(O)OC[C@H]1O[C@@H](n2ccc(N)nc2=O)[C@H](O)[C@@H]1O. The molecule has 21 heteroatoms. The molecular weight excluding hydrogens is 997 g/mol. The minimum atomic E-state index is -5.45. The molecule has 7 N–H and O–H groups in total. The lowest BCUT2D eigenvalue weighted by atomic mass is 9.99. The molecule has 1 aliphatic heterocycles. The van der Waals surface area contributed by atoms with Crippen molar-refractivity contribution in [1.82, 2.24) is 9.55 Å². The Hall–Kier alpha value is -3.32. The van der Waals surface area contributed by atoms with E-state index in [4.69, 9.17) is 29.0 Å². The second-order valence-corrected chi connectivity index (χ2v) is 22.2. The van der Waals surface area contributed by atoms with Crippen molar-refractivity contribution >= 4 is 33.4 Å². The molecule has 19 nitrogen and oxygen atoms in total. The summed E-state index contributed by atoms with van der Waals surface area (Å²) in [6.45, 7) is 4.32. The molecule has 9 atom stereocenters. The minimum Gasteiger partial charge on any atom is -0.462 e. The highest BCUT2D eigenvalue weighted by molar-refractivity contribution is 7.61. The van der Waals surface area contributed by atoms with Gasteiger partial charge in [-0.05, 0) is 56.9 Å². The molecule has 0 aliphatic carbocycles. The number of ether oxygens (including phenoxy) is 3. The van der Waals surface area contributed by atoms with E-state index in [1.807, 2.05) is 42.5 Å². The number of nitrogens with zero attached hydrogens (tertiary/aromatic N) is 2. The van der Waals surface area contributed by atoms with E-state index in [2.05, 4.69) is 36.1 Å². The molecule has 0 amide bonds. The lowest BCUT2D eigenvalue weighted by Crippen LogP contribution is -2.36. The number of carbonyl (C=O) groups is 2. The first-order valence-electron chi connectivity index (χ1n) is 27.1. The third-order valence-corrected chi connectivity index (χ3v) is 15.1. The number of carbonyl (C=O) groups excluding carboxylic acids is 2. The van der Waals surface area contributed by atoms with E-state index in [9.17, 15) is 48.6 Å². The van der Waals surface area contributed by atoms with Gasteiger partial charge in [0.05, 0.1) is 19.3 Å². The molecule has 0 bridgehead atoms. The third-order valence-electron chi connectivity index (χ3n) is 12.5. The van der Waals surface area contributed by atoms with Crippen LogP contribution in [0.3, 0.4) is 0 Å². The number of hydrogen-bond donors (Lipinski definition) is 6. The van der Waals surface area contributed by atoms with Gasteiger partial charge < -0.3 is 45.1 Å². The molecule has 3 unspecified atom stereocenters. The largest absolute Gasteiger partial charge is 0.481 e. The van der Waals surface area contributed by atoms with Crippen molar-refractivity contribution < 1.29 is 71.4 Å². The number of hydrogen-bond acceptors (Lipinski definition) is 16. The quantitative estimate of drug-likeness (QED) is 0.0153. The minimum absolute atomic E-state index is 0.0423. The topological polar surface area (TPSA) is 286 Å². The van der Waals surface area contributed by atoms with Crippen LogP contribution in [0.2, 0.25) is 0 Å². The van der Waals surface area contributed by atoms with Crippen LogP contribution in [0.5, 0.6) is 0 Å². The van der Waals surface area contributed by atoms with Crippen molar-refractivity contribution in [3.63, 3.8) is 0 Å². The fraction of sp³-hybridized carbons (Fsp3) is 0.736. The van der Waals surface area contributed by atoms with Crippen LogP contribution in [0.4, 0.5) is 5.82 Å². The summed E-state index contributed by atoms with van der Waals surface area (Å²) in [4.78, 5) is 62.0. The number of allylic oxidation sites excluding steroid dienone is 7. The van der Waals surface area contributed by atoms with Crippen molar-refractivity contribution in [3.05, 3.63) is 71.4 Å². The summed E-state index contributed by atoms with van der Waals surface area (Å²) in [5.74, 6) is -0.542. The smallest absolute Gasteiger partial charge is 0.462 e. The first kappa shape index (κ1) is 66.8. The summed E-state index contributed by atoms with van der Waals surface area (Å²) >= 11 is 0. The highest BCUT2D eigenvalue weighted by atomic mass is 31.3. The number of unbranched alkanes of at least 4 members (excludes halogenated alkanes) is 15. The highest BCUT2D eigenvalue weighted by Crippen LogP contribution is 2.60. The Kier molecular flexibility index (Phi) is 36.1. The molecule has 74 heavy (non-hydrogen) atoms. The van der Waals surface area contributed by atoms with Crippen LogP contribution < -0.4 is 11.4 Å². The fourth-order valence-corrected chi connectivity index (χ4v) is 10.00. The molecule has 0 spiro atoms. The summed E-state index contributed by atoms with van der Waals surface area (Å²) in [7, 11) is -10.9. The first-order valence-corrected chi connectivity index (χ1v) is 30.1. The van der Waals surface area contributed by atoms with E-state index in [0.717, 1.165) is 74.5 Å². The Morgan fingerprint density at radius 2 is 1.30 bits per heavy atom. The fourth-order valence-electron chi connectivity index (χ4n) is 7.89. The van der Waals surface area contributed by atoms with Gasteiger partial charge in [0, 0.05) is 19.0 Å². The van der Waals surface area contributed by atoms with Crippen LogP contribution in [0.25, 0.3) is 0 Å². The number of nitrogens with two attached hydrogens (primary N) is 1. The first-order chi connectivity index (χ1) is 35.5. The molecule has 2 heterocycles. The highest BCUT2D eigenvalue weighted by Gasteiger charge is 2.46. The van der Waals surface area contributed by atoms with Gasteiger partial charge in [-0.2, -0.15) is 9.29 Å². The lowest BCUT2D eigenvalue weighted by Gasteiger charge is -2.21. The van der Waals surface area contributed by atoms with Crippen molar-refractivity contribution in [1.29, 1.82) is 0 Å². The standard InChI is InChI=1S/C53H91N3O16P2/c1-4-6-34-44(57)35-30-26-22-18-14-11-12-16-20-24-28-32-37-49(59)70-45(40-67-48(58)36-31-27-23-19-15-10-8-7-9-13-17-21-25-29-33-43(3)5-2)41-68-73(63,64)72-74(65,66)69-42-46-50(60)51(61)52(71-46)56-39-38-47(54)55-53(56)62/h11-12,18,20,22,24,30,35,38-39,43-46,50-52,57,60-61H,4-10,13-17,19,21,23,25-29,31-34,36-37,40-42H2,1-3H3,(H,63,64)(H,65,66)(H2,54,55,62)/b12-11-,22-18-,24-20-,35-30-/t43?,44-,45-,46-,50-,51-,52-/m1/s1. The lowest BCUT2D eigenvalue weighted by molar-refractivity contribution is -0.161. The van der Waals surface area contributed by atoms with Crippen molar-refractivity contribution in [2.75, 3.05) is 25.6 Å². The Morgan fingerprint density at radius 1 is 0.743 bits per heavy atom. The van der Waals surface area contributed by atoms with Crippen LogP contribution in [0.15, 0.2) is 65.7 Å². The zero-order valence-electron chi connectivity index (χ0n) is 44.4. The van der Waals surface area contributed by atoms with E-state index in [1.54, 1.807) is 0 Å². The molecule has 2 rings (SSSR count). The number of nitrogen functional groups attached to an aromatic ring is 1. The summed E-state index contributed by atoms with van der Waals surface area (Å²) in [6.07, 6.45) is 33.8. The molecule has 424 valence electrons. The number of phosphoric acid groups is 2. The van der Waals surface area contributed by atoms with Crippen LogP contribution in [0, 0.1) is 5.92 Å². The van der Waals surface area contributed by atoms with Gasteiger partial charge in [0.2, 0.25) is 0 Å². The van der Waals surface area contributed by atoms with Gasteiger partial charge in [-0.1, -0.05) is 179 Å². The maximum atomic E-state index is 12.9. The average molecular weight is 1090 g/mol. The Morgan fingerprint density at radius 3 is 1.89 bits per heavy atom. The monoisotopic (exact) mass is 1090 g/mol. The van der Waals surface area contributed by atoms with Gasteiger partial charge in [0.1, 0.15) is 30.7 Å². The summed E-state index contributed by atoms with van der Waals surface area (Å²) < 4.78 is 56.8. The average Bonchev–Trinajstić information content (AvgIpc) is 3.64. The third kappa shape index (κ3) is 32.3. The number of rotatable bonds is 44. The number of aliphatic hydroxyl groups excluding tert-OH is 3. The van der Waals surface area contributed by atoms with Gasteiger partial charge in [0.25, 0.3) is 0 Å². The van der Waals surface area contributed by atoms with Crippen molar-refractivity contribution in [2.45, 2.75) is 224 Å². The normalized spacial score (nSPS) is 20.1. The van der Waals surface area contributed by atoms with E-state index >= 15 is 0 Å². The molecule has 1 saturated heterocycles. The Balaban J connectivity index is 1.81. The predicted octanol–water partition coefficient (Wildman–Crippen LogP) is 10.6.